The Morgan fingerprint density at radius 1 is 1.22 bits per heavy atom. The molecule has 0 saturated carbocycles. The number of carboxylic acids is 1. The summed E-state index contributed by atoms with van der Waals surface area (Å²) in [4.78, 5) is 10.7. The van der Waals surface area contributed by atoms with Gasteiger partial charge in [0.05, 0.1) is 6.42 Å². The van der Waals surface area contributed by atoms with E-state index in [2.05, 4.69) is 0 Å². The van der Waals surface area contributed by atoms with Crippen LogP contribution in [-0.2, 0) is 10.3 Å². The maximum Gasteiger partial charge on any atom is 0.305 e. The van der Waals surface area contributed by atoms with Gasteiger partial charge in [-0.25, -0.2) is 0 Å². The lowest BCUT2D eigenvalue weighted by Crippen LogP contribution is -2.35. The molecule has 1 aromatic rings. The van der Waals surface area contributed by atoms with E-state index in [0.717, 1.165) is 11.3 Å². The molecular weight excluding hydrogens is 230 g/mol. The van der Waals surface area contributed by atoms with Crippen molar-refractivity contribution < 1.29 is 14.6 Å². The minimum atomic E-state index is -0.907. The predicted octanol–water partition coefficient (Wildman–Crippen LogP) is 2.51. The fourth-order valence-corrected chi connectivity index (χ4v) is 1.67. The number of rotatable bonds is 4. The third-order valence-electron chi connectivity index (χ3n) is 2.46. The van der Waals surface area contributed by atoms with E-state index in [1.807, 2.05) is 45.0 Å². The molecule has 0 aromatic heterocycles. The number of carboxylic acid groups (broad SMARTS) is 1. The Morgan fingerprint density at radius 2 is 1.72 bits per heavy atom. The van der Waals surface area contributed by atoms with Crippen LogP contribution in [0.15, 0.2) is 24.3 Å². The molecule has 18 heavy (non-hydrogen) atoms. The molecule has 0 bridgehead atoms. The highest BCUT2D eigenvalue weighted by molar-refractivity contribution is 5.68. The lowest BCUT2D eigenvalue weighted by atomic mass is 9.90. The number of carbonyl (C=O) groups is 1. The Kier molecular flexibility index (Phi) is 4.02. The topological polar surface area (TPSA) is 72.5 Å². The number of benzene rings is 1. The van der Waals surface area contributed by atoms with Gasteiger partial charge in [0.25, 0.3) is 0 Å². The van der Waals surface area contributed by atoms with Crippen LogP contribution in [-0.4, -0.2) is 16.7 Å². The van der Waals surface area contributed by atoms with Crippen molar-refractivity contribution in [1.29, 1.82) is 0 Å². The van der Waals surface area contributed by atoms with Crippen molar-refractivity contribution in [1.82, 2.24) is 0 Å². The molecule has 4 nitrogen and oxygen atoms in total. The standard InChI is InChI=1S/C14H21NO3/c1-13(2,3)18-11-7-5-10(6-8-11)14(4,15)9-12(16)17/h5-8H,9,15H2,1-4H3,(H,16,17). The second-order valence-electron chi connectivity index (χ2n) is 5.73. The lowest BCUT2D eigenvalue weighted by molar-refractivity contribution is -0.138. The van der Waals surface area contributed by atoms with Gasteiger partial charge in [0.1, 0.15) is 11.4 Å². The van der Waals surface area contributed by atoms with Crippen LogP contribution in [0.4, 0.5) is 0 Å². The van der Waals surface area contributed by atoms with E-state index in [1.54, 1.807) is 6.92 Å². The van der Waals surface area contributed by atoms with Crippen LogP contribution in [0.25, 0.3) is 0 Å². The fraction of sp³-hybridized carbons (Fsp3) is 0.500. The van der Waals surface area contributed by atoms with Crippen LogP contribution in [0.2, 0.25) is 0 Å². The Bertz CT molecular complexity index is 416. The van der Waals surface area contributed by atoms with Crippen LogP contribution < -0.4 is 10.5 Å². The quantitative estimate of drug-likeness (QED) is 0.862. The first-order valence-electron chi connectivity index (χ1n) is 5.90. The normalized spacial score (nSPS) is 14.9. The van der Waals surface area contributed by atoms with E-state index in [4.69, 9.17) is 15.6 Å². The fourth-order valence-electron chi connectivity index (χ4n) is 1.67. The van der Waals surface area contributed by atoms with E-state index in [1.165, 1.54) is 0 Å². The second-order valence-corrected chi connectivity index (χ2v) is 5.73. The molecule has 1 aromatic carbocycles. The third kappa shape index (κ3) is 4.37. The zero-order chi connectivity index (χ0) is 14.0. The Morgan fingerprint density at radius 3 is 2.11 bits per heavy atom. The van der Waals surface area contributed by atoms with Crippen LogP contribution in [0, 0.1) is 0 Å². The number of hydrogen-bond acceptors (Lipinski definition) is 3. The third-order valence-corrected chi connectivity index (χ3v) is 2.46. The molecule has 1 atom stereocenters. The van der Waals surface area contributed by atoms with Crippen molar-refractivity contribution in [3.05, 3.63) is 29.8 Å². The Hall–Kier alpha value is -1.55. The predicted molar refractivity (Wildman–Crippen MR) is 70.6 cm³/mol. The highest BCUT2D eigenvalue weighted by Gasteiger charge is 2.24. The van der Waals surface area contributed by atoms with Crippen molar-refractivity contribution >= 4 is 5.97 Å². The van der Waals surface area contributed by atoms with Gasteiger partial charge in [0.15, 0.2) is 0 Å². The monoisotopic (exact) mass is 251 g/mol. The highest BCUT2D eigenvalue weighted by Crippen LogP contribution is 2.25. The first kappa shape index (κ1) is 14.5. The summed E-state index contributed by atoms with van der Waals surface area (Å²) in [6, 6.07) is 7.25. The average Bonchev–Trinajstić information content (AvgIpc) is 2.13. The largest absolute Gasteiger partial charge is 0.488 e. The van der Waals surface area contributed by atoms with Crippen molar-refractivity contribution in [3.8, 4) is 5.75 Å². The molecule has 0 radical (unpaired) electrons. The molecule has 0 aliphatic rings. The number of ether oxygens (including phenoxy) is 1. The molecule has 100 valence electrons. The van der Waals surface area contributed by atoms with Gasteiger partial charge in [0, 0.05) is 5.54 Å². The molecule has 0 amide bonds. The van der Waals surface area contributed by atoms with E-state index < -0.39 is 11.5 Å². The van der Waals surface area contributed by atoms with Crippen LogP contribution in [0.5, 0.6) is 5.75 Å². The summed E-state index contributed by atoms with van der Waals surface area (Å²) in [5.41, 5.74) is 5.65. The van der Waals surface area contributed by atoms with E-state index in [0.29, 0.717) is 0 Å². The average molecular weight is 251 g/mol. The van der Waals surface area contributed by atoms with Gasteiger partial charge in [-0.2, -0.15) is 0 Å². The number of hydrogen-bond donors (Lipinski definition) is 2. The molecule has 0 fully saturated rings. The van der Waals surface area contributed by atoms with E-state index >= 15 is 0 Å². The first-order chi connectivity index (χ1) is 8.10. The van der Waals surface area contributed by atoms with Gasteiger partial charge in [-0.1, -0.05) is 12.1 Å². The Labute approximate surface area is 108 Å². The summed E-state index contributed by atoms with van der Waals surface area (Å²) in [6.45, 7) is 7.62. The minimum Gasteiger partial charge on any atom is -0.488 e. The summed E-state index contributed by atoms with van der Waals surface area (Å²) in [5, 5.41) is 8.81. The molecule has 0 aliphatic heterocycles. The zero-order valence-corrected chi connectivity index (χ0v) is 11.4. The molecule has 4 heteroatoms. The molecule has 0 spiro atoms. The summed E-state index contributed by atoms with van der Waals surface area (Å²) < 4.78 is 5.69. The van der Waals surface area contributed by atoms with Gasteiger partial charge in [-0.15, -0.1) is 0 Å². The zero-order valence-electron chi connectivity index (χ0n) is 11.4. The summed E-state index contributed by atoms with van der Waals surface area (Å²) in [5.74, 6) is -0.160. The molecule has 3 N–H and O–H groups in total. The number of aliphatic carboxylic acids is 1. The molecular formula is C14H21NO3. The van der Waals surface area contributed by atoms with Gasteiger partial charge < -0.3 is 15.6 Å². The van der Waals surface area contributed by atoms with Crippen LogP contribution in [0.1, 0.15) is 39.7 Å². The van der Waals surface area contributed by atoms with Gasteiger partial charge >= 0.3 is 5.97 Å². The summed E-state index contributed by atoms with van der Waals surface area (Å²) in [7, 11) is 0. The summed E-state index contributed by atoms with van der Waals surface area (Å²) in [6.07, 6.45) is -0.105. The maximum atomic E-state index is 10.7. The number of nitrogens with two attached hydrogens (primary N) is 1. The second kappa shape index (κ2) is 4.98. The minimum absolute atomic E-state index is 0.105. The van der Waals surface area contributed by atoms with Crippen molar-refractivity contribution in [3.63, 3.8) is 0 Å². The van der Waals surface area contributed by atoms with E-state index in [-0.39, 0.29) is 12.0 Å². The van der Waals surface area contributed by atoms with Crippen molar-refractivity contribution in [2.75, 3.05) is 0 Å². The van der Waals surface area contributed by atoms with Crippen molar-refractivity contribution in [2.24, 2.45) is 5.73 Å². The molecule has 0 heterocycles. The highest BCUT2D eigenvalue weighted by atomic mass is 16.5. The van der Waals surface area contributed by atoms with Crippen LogP contribution in [0.3, 0.4) is 0 Å². The van der Waals surface area contributed by atoms with Gasteiger partial charge in [0.2, 0.25) is 0 Å². The lowest BCUT2D eigenvalue weighted by Gasteiger charge is -2.25. The molecule has 0 aliphatic carbocycles. The smallest absolute Gasteiger partial charge is 0.305 e. The molecule has 1 rings (SSSR count). The van der Waals surface area contributed by atoms with Gasteiger partial charge in [-0.3, -0.25) is 4.79 Å². The van der Waals surface area contributed by atoms with Gasteiger partial charge in [-0.05, 0) is 45.4 Å². The van der Waals surface area contributed by atoms with Crippen molar-refractivity contribution in [2.45, 2.75) is 45.3 Å². The molecule has 1 unspecified atom stereocenters. The van der Waals surface area contributed by atoms with Crippen LogP contribution >= 0.6 is 0 Å². The van der Waals surface area contributed by atoms with E-state index in [9.17, 15) is 4.79 Å². The summed E-state index contributed by atoms with van der Waals surface area (Å²) >= 11 is 0. The maximum absolute atomic E-state index is 10.7. The SMILES string of the molecule is CC(C)(C)Oc1ccc(C(C)(N)CC(=O)O)cc1. The first-order valence-corrected chi connectivity index (χ1v) is 5.90. The molecule has 0 saturated heterocycles. The Balaban J connectivity index is 2.85.